The average Bonchev–Trinajstić information content (AvgIpc) is 3.45. The summed E-state index contributed by atoms with van der Waals surface area (Å²) >= 11 is 0. The lowest BCUT2D eigenvalue weighted by molar-refractivity contribution is -0.0741. The van der Waals surface area contributed by atoms with Crippen molar-refractivity contribution in [1.82, 2.24) is 10.2 Å². The number of ether oxygens (including phenoxy) is 1. The molecule has 6 heteroatoms. The van der Waals surface area contributed by atoms with Crippen LogP contribution in [0, 0.1) is 0 Å². The highest BCUT2D eigenvalue weighted by atomic mass is 16.5. The van der Waals surface area contributed by atoms with Gasteiger partial charge >= 0.3 is 0 Å². The van der Waals surface area contributed by atoms with Gasteiger partial charge in [0.1, 0.15) is 0 Å². The molecule has 2 saturated heterocycles. The molecule has 1 unspecified atom stereocenters. The number of hydrogen-bond acceptors (Lipinski definition) is 5. The van der Waals surface area contributed by atoms with Crippen molar-refractivity contribution in [2.75, 3.05) is 45.2 Å². The van der Waals surface area contributed by atoms with Crippen LogP contribution in [0.4, 0.5) is 5.69 Å². The number of furan rings is 1. The molecule has 1 amide bonds. The number of carbonyl (C=O) groups excluding carboxylic acids is 1. The zero-order chi connectivity index (χ0) is 21.7. The largest absolute Gasteiger partial charge is 0.459 e. The van der Waals surface area contributed by atoms with Crippen LogP contribution in [0.2, 0.25) is 0 Å². The van der Waals surface area contributed by atoms with Crippen LogP contribution in [0.5, 0.6) is 0 Å². The molecule has 3 heterocycles. The van der Waals surface area contributed by atoms with Crippen molar-refractivity contribution in [3.8, 4) is 0 Å². The Morgan fingerprint density at radius 1 is 1.19 bits per heavy atom. The van der Waals surface area contributed by atoms with E-state index in [9.17, 15) is 4.79 Å². The highest BCUT2D eigenvalue weighted by molar-refractivity contribution is 5.91. The Bertz CT molecular complexity index is 866. The van der Waals surface area contributed by atoms with E-state index in [0.717, 1.165) is 45.3 Å². The molecule has 166 valence electrons. The van der Waals surface area contributed by atoms with E-state index in [1.807, 2.05) is 0 Å². The number of piperidine rings is 1. The van der Waals surface area contributed by atoms with E-state index in [1.54, 1.807) is 12.1 Å². The van der Waals surface area contributed by atoms with Crippen molar-refractivity contribution in [3.05, 3.63) is 60.1 Å². The Morgan fingerprint density at radius 3 is 2.65 bits per heavy atom. The van der Waals surface area contributed by atoms with Crippen LogP contribution in [-0.4, -0.2) is 62.8 Å². The zero-order valence-corrected chi connectivity index (χ0v) is 18.5. The maximum atomic E-state index is 12.0. The van der Waals surface area contributed by atoms with E-state index in [4.69, 9.17) is 9.15 Å². The van der Waals surface area contributed by atoms with Crippen LogP contribution in [0.25, 0.3) is 6.08 Å². The van der Waals surface area contributed by atoms with Gasteiger partial charge < -0.3 is 19.4 Å². The molecule has 31 heavy (non-hydrogen) atoms. The van der Waals surface area contributed by atoms with Gasteiger partial charge in [-0.3, -0.25) is 9.69 Å². The summed E-state index contributed by atoms with van der Waals surface area (Å²) in [6.45, 7) is 3.61. The quantitative estimate of drug-likeness (QED) is 0.734. The van der Waals surface area contributed by atoms with Crippen LogP contribution in [0.15, 0.2) is 53.2 Å². The summed E-state index contributed by atoms with van der Waals surface area (Å²) in [4.78, 5) is 16.6. The second-order valence-electron chi connectivity index (χ2n) is 8.84. The summed E-state index contributed by atoms with van der Waals surface area (Å²) in [6, 6.07) is 12.0. The lowest BCUT2D eigenvalue weighted by Gasteiger charge is -2.38. The van der Waals surface area contributed by atoms with E-state index >= 15 is 0 Å². The maximum absolute atomic E-state index is 12.0. The molecule has 2 aliphatic heterocycles. The van der Waals surface area contributed by atoms with Crippen molar-refractivity contribution >= 4 is 17.7 Å². The molecule has 1 aromatic heterocycles. The summed E-state index contributed by atoms with van der Waals surface area (Å²) in [6.07, 6.45) is 10.3. The standard InChI is InChI=1S/C25H33N3O3/c1-27(2)21-9-7-20(8-10-21)5-3-15-28-16-13-25(14-17-28)12-11-22(31-25)19-26-24(29)23-6-4-18-30-23/h3-10,18,22H,11-17,19H2,1-2H3,(H,26,29)/b5-3+. The molecule has 0 radical (unpaired) electrons. The van der Waals surface area contributed by atoms with Crippen LogP contribution >= 0.6 is 0 Å². The highest BCUT2D eigenvalue weighted by Gasteiger charge is 2.42. The minimum absolute atomic E-state index is 0.0116. The van der Waals surface area contributed by atoms with Crippen molar-refractivity contribution in [1.29, 1.82) is 0 Å². The first kappa shape index (κ1) is 21.7. The Labute approximate surface area is 184 Å². The number of amides is 1. The molecule has 2 aliphatic rings. The zero-order valence-electron chi connectivity index (χ0n) is 18.5. The fourth-order valence-electron chi connectivity index (χ4n) is 4.47. The second kappa shape index (κ2) is 9.71. The number of anilines is 1. The topological polar surface area (TPSA) is 58.0 Å². The number of rotatable bonds is 7. The van der Waals surface area contributed by atoms with E-state index in [2.05, 4.69) is 65.6 Å². The van der Waals surface area contributed by atoms with Gasteiger partial charge in [0.15, 0.2) is 5.76 Å². The predicted molar refractivity (Wildman–Crippen MR) is 123 cm³/mol. The SMILES string of the molecule is CN(C)c1ccc(/C=C/CN2CCC3(CCC(CNC(=O)c4ccco4)O3)CC2)cc1. The molecule has 1 aromatic carbocycles. The van der Waals surface area contributed by atoms with Gasteiger partial charge in [-0.2, -0.15) is 0 Å². The number of nitrogens with one attached hydrogen (secondary N) is 1. The Hall–Kier alpha value is -2.57. The average molecular weight is 424 g/mol. The highest BCUT2D eigenvalue weighted by Crippen LogP contribution is 2.38. The summed E-state index contributed by atoms with van der Waals surface area (Å²) in [5.74, 6) is 0.176. The monoisotopic (exact) mass is 423 g/mol. The van der Waals surface area contributed by atoms with Gasteiger partial charge in [-0.15, -0.1) is 0 Å². The molecule has 2 aromatic rings. The number of hydrogen-bond donors (Lipinski definition) is 1. The van der Waals surface area contributed by atoms with Crippen LogP contribution in [-0.2, 0) is 4.74 Å². The van der Waals surface area contributed by atoms with E-state index in [1.165, 1.54) is 17.5 Å². The fraction of sp³-hybridized carbons (Fsp3) is 0.480. The molecule has 0 aliphatic carbocycles. The first-order chi connectivity index (χ1) is 15.0. The molecule has 1 atom stereocenters. The normalized spacial score (nSPS) is 21.0. The summed E-state index contributed by atoms with van der Waals surface area (Å²) in [5, 5.41) is 2.93. The first-order valence-corrected chi connectivity index (χ1v) is 11.2. The van der Waals surface area contributed by atoms with Gasteiger partial charge in [0.25, 0.3) is 5.91 Å². The lowest BCUT2D eigenvalue weighted by atomic mass is 9.88. The Morgan fingerprint density at radius 2 is 1.97 bits per heavy atom. The van der Waals surface area contributed by atoms with Gasteiger partial charge in [-0.25, -0.2) is 0 Å². The third kappa shape index (κ3) is 5.57. The van der Waals surface area contributed by atoms with Crippen molar-refractivity contribution in [2.24, 2.45) is 0 Å². The minimum Gasteiger partial charge on any atom is -0.459 e. The third-order valence-corrected chi connectivity index (χ3v) is 6.42. The summed E-state index contributed by atoms with van der Waals surface area (Å²) in [7, 11) is 4.11. The maximum Gasteiger partial charge on any atom is 0.287 e. The molecule has 2 fully saturated rings. The molecule has 0 bridgehead atoms. The predicted octanol–water partition coefficient (Wildman–Crippen LogP) is 3.80. The van der Waals surface area contributed by atoms with Gasteiger partial charge in [0.05, 0.1) is 18.0 Å². The van der Waals surface area contributed by atoms with Gasteiger partial charge in [0.2, 0.25) is 0 Å². The summed E-state index contributed by atoms with van der Waals surface area (Å²) in [5.41, 5.74) is 2.44. The minimum atomic E-state index is -0.174. The molecule has 1 spiro atoms. The lowest BCUT2D eigenvalue weighted by Crippen LogP contribution is -2.45. The Balaban J connectivity index is 1.18. The summed E-state index contributed by atoms with van der Waals surface area (Å²) < 4.78 is 11.6. The van der Waals surface area contributed by atoms with E-state index < -0.39 is 0 Å². The van der Waals surface area contributed by atoms with Gasteiger partial charge in [-0.1, -0.05) is 24.3 Å². The van der Waals surface area contributed by atoms with Crippen LogP contribution in [0.3, 0.4) is 0 Å². The van der Waals surface area contributed by atoms with Gasteiger partial charge in [0, 0.05) is 46.0 Å². The van der Waals surface area contributed by atoms with Crippen molar-refractivity contribution in [2.45, 2.75) is 37.4 Å². The third-order valence-electron chi connectivity index (χ3n) is 6.42. The molecule has 4 rings (SSSR count). The number of likely N-dealkylation sites (tertiary alicyclic amines) is 1. The second-order valence-corrected chi connectivity index (χ2v) is 8.84. The molecular formula is C25H33N3O3. The first-order valence-electron chi connectivity index (χ1n) is 11.2. The van der Waals surface area contributed by atoms with Crippen LogP contribution < -0.4 is 10.2 Å². The smallest absolute Gasteiger partial charge is 0.287 e. The van der Waals surface area contributed by atoms with Gasteiger partial charge in [-0.05, 0) is 55.5 Å². The molecular weight excluding hydrogens is 390 g/mol. The van der Waals surface area contributed by atoms with E-state index in [-0.39, 0.29) is 17.6 Å². The number of nitrogens with zero attached hydrogens (tertiary/aromatic N) is 2. The molecule has 1 N–H and O–H groups in total. The van der Waals surface area contributed by atoms with Crippen LogP contribution in [0.1, 0.15) is 41.8 Å². The van der Waals surface area contributed by atoms with Crippen molar-refractivity contribution in [3.63, 3.8) is 0 Å². The van der Waals surface area contributed by atoms with Crippen molar-refractivity contribution < 1.29 is 13.9 Å². The molecule has 6 nitrogen and oxygen atoms in total. The van der Waals surface area contributed by atoms with E-state index in [0.29, 0.717) is 12.3 Å². The number of benzene rings is 1. The number of carbonyl (C=O) groups is 1. The molecule has 0 saturated carbocycles. The Kier molecular flexibility index (Phi) is 6.78. The fourth-order valence-corrected chi connectivity index (χ4v) is 4.47.